The largest absolute Gasteiger partial charge is 0.351 e. The summed E-state index contributed by atoms with van der Waals surface area (Å²) >= 11 is 0. The summed E-state index contributed by atoms with van der Waals surface area (Å²) in [7, 11) is 2.00. The van der Waals surface area contributed by atoms with Crippen molar-refractivity contribution in [1.29, 1.82) is 0 Å². The van der Waals surface area contributed by atoms with Crippen LogP contribution in [0.15, 0.2) is 140 Å². The van der Waals surface area contributed by atoms with Crippen LogP contribution in [-0.2, 0) is 24.1 Å². The van der Waals surface area contributed by atoms with Gasteiger partial charge in [0.05, 0.1) is 6.42 Å². The van der Waals surface area contributed by atoms with Gasteiger partial charge in [-0.15, -0.1) is 0 Å². The predicted octanol–water partition coefficient (Wildman–Crippen LogP) is 7.35. The van der Waals surface area contributed by atoms with Crippen LogP contribution in [0.25, 0.3) is 32.7 Å². The van der Waals surface area contributed by atoms with Crippen LogP contribution < -0.4 is 16.0 Å². The zero-order valence-electron chi connectivity index (χ0n) is 25.9. The second-order valence-corrected chi connectivity index (χ2v) is 11.9. The van der Waals surface area contributed by atoms with Crippen molar-refractivity contribution in [3.8, 4) is 11.1 Å². The summed E-state index contributed by atoms with van der Waals surface area (Å²) in [5.41, 5.74) is 5.88. The number of hydrogen-bond acceptors (Lipinski definition) is 3. The average molecular weight is 592 g/mol. The van der Waals surface area contributed by atoms with E-state index in [4.69, 9.17) is 0 Å². The van der Waals surface area contributed by atoms with E-state index in [2.05, 4.69) is 137 Å². The number of rotatable bonds is 13. The molecule has 3 N–H and O–H groups in total. The molecule has 226 valence electrons. The lowest BCUT2D eigenvalue weighted by atomic mass is 9.98. The lowest BCUT2D eigenvalue weighted by Gasteiger charge is -2.25. The molecule has 0 spiro atoms. The Balaban J connectivity index is 1.16. The smallest absolute Gasteiger partial charge is 0.224 e. The van der Waals surface area contributed by atoms with Gasteiger partial charge in [-0.25, -0.2) is 0 Å². The first-order valence-corrected chi connectivity index (χ1v) is 15.9. The minimum absolute atomic E-state index is 0.0364. The van der Waals surface area contributed by atoms with Crippen LogP contribution in [0.2, 0.25) is 0 Å². The summed E-state index contributed by atoms with van der Waals surface area (Å²) in [4.78, 5) is 13.4. The summed E-state index contributed by atoms with van der Waals surface area (Å²) in [5.74, 6) is 0.0364. The fourth-order valence-electron chi connectivity index (χ4n) is 6.24. The third-order valence-corrected chi connectivity index (χ3v) is 8.54. The van der Waals surface area contributed by atoms with E-state index in [1.54, 1.807) is 0 Å². The number of carbonyl (C=O) groups excluding carboxylic acids is 1. The molecule has 0 radical (unpaired) electrons. The van der Waals surface area contributed by atoms with Crippen LogP contribution >= 0.6 is 0 Å². The Bertz CT molecular complexity index is 1840. The molecule has 6 aromatic carbocycles. The maximum atomic E-state index is 13.4. The van der Waals surface area contributed by atoms with Crippen molar-refractivity contribution >= 4 is 27.5 Å². The monoisotopic (exact) mass is 591 g/mol. The van der Waals surface area contributed by atoms with Gasteiger partial charge in [-0.2, -0.15) is 0 Å². The Labute approximate surface area is 266 Å². The van der Waals surface area contributed by atoms with E-state index >= 15 is 0 Å². The van der Waals surface area contributed by atoms with Gasteiger partial charge in [0, 0.05) is 25.2 Å². The van der Waals surface area contributed by atoms with Crippen molar-refractivity contribution in [3.63, 3.8) is 0 Å². The summed E-state index contributed by atoms with van der Waals surface area (Å²) in [6.45, 7) is 1.50. The second kappa shape index (κ2) is 14.8. The first-order chi connectivity index (χ1) is 22.1. The van der Waals surface area contributed by atoms with Gasteiger partial charge in [0.1, 0.15) is 0 Å². The molecule has 4 heteroatoms. The SMILES string of the molecule is CNC[C@H](Cc1cccc2ccccc12)NC[C@@H](Cc1ccc2ccccc2c1)NC(=O)Cc1ccc(-c2ccccc2)cc1. The van der Waals surface area contributed by atoms with E-state index in [-0.39, 0.29) is 18.0 Å². The molecule has 0 saturated heterocycles. The van der Waals surface area contributed by atoms with E-state index in [1.807, 2.05) is 25.2 Å². The number of likely N-dealkylation sites (N-methyl/N-ethyl adjacent to an activating group) is 1. The normalized spacial score (nSPS) is 12.6. The summed E-state index contributed by atoms with van der Waals surface area (Å²) in [6, 6.07) is 48.9. The number of fused-ring (bicyclic) bond motifs is 2. The van der Waals surface area contributed by atoms with Crippen LogP contribution in [0.1, 0.15) is 16.7 Å². The molecule has 6 rings (SSSR count). The molecule has 0 bridgehead atoms. The Hall–Kier alpha value is -4.77. The van der Waals surface area contributed by atoms with Gasteiger partial charge in [0.25, 0.3) is 0 Å². The van der Waals surface area contributed by atoms with Gasteiger partial charge in [0.15, 0.2) is 0 Å². The van der Waals surface area contributed by atoms with E-state index in [0.29, 0.717) is 13.0 Å². The maximum absolute atomic E-state index is 13.4. The Morgan fingerprint density at radius 1 is 0.578 bits per heavy atom. The molecule has 0 unspecified atom stereocenters. The minimum atomic E-state index is -0.0610. The summed E-state index contributed by atoms with van der Waals surface area (Å²) in [6.07, 6.45) is 1.99. The molecule has 6 aromatic rings. The highest BCUT2D eigenvalue weighted by atomic mass is 16.1. The standard InChI is InChI=1S/C41H41N3O/c1-42-28-38(27-37-16-9-15-35-13-7-8-17-40(35)37)43-29-39(25-31-20-23-33-12-5-6-14-36(33)24-31)44-41(45)26-30-18-21-34(22-19-30)32-10-3-2-4-11-32/h2-24,38-39,42-43H,25-29H2,1H3,(H,44,45)/t38-,39+/m0/s1. The molecule has 2 atom stereocenters. The molecule has 4 nitrogen and oxygen atoms in total. The predicted molar refractivity (Wildman–Crippen MR) is 189 cm³/mol. The summed E-state index contributed by atoms with van der Waals surface area (Å²) in [5, 5.41) is 15.6. The first kappa shape index (κ1) is 30.3. The molecule has 0 fully saturated rings. The number of nitrogens with one attached hydrogen (secondary N) is 3. The molecule has 0 aliphatic rings. The van der Waals surface area contributed by atoms with Crippen molar-refractivity contribution in [2.45, 2.75) is 31.3 Å². The van der Waals surface area contributed by atoms with Crippen LogP contribution in [0.3, 0.4) is 0 Å². The van der Waals surface area contributed by atoms with Crippen LogP contribution in [-0.4, -0.2) is 38.1 Å². The Morgan fingerprint density at radius 3 is 2.04 bits per heavy atom. The fourth-order valence-corrected chi connectivity index (χ4v) is 6.24. The zero-order chi connectivity index (χ0) is 30.8. The van der Waals surface area contributed by atoms with Gasteiger partial charge in [-0.1, -0.05) is 140 Å². The molecule has 1 amide bonds. The Kier molecular flexibility index (Phi) is 9.96. The van der Waals surface area contributed by atoms with Gasteiger partial charge in [-0.05, 0) is 69.3 Å². The highest BCUT2D eigenvalue weighted by Gasteiger charge is 2.18. The fraction of sp³-hybridized carbons (Fsp3) is 0.195. The van der Waals surface area contributed by atoms with Gasteiger partial charge in [0.2, 0.25) is 5.91 Å². The van der Waals surface area contributed by atoms with Crippen molar-refractivity contribution < 1.29 is 4.79 Å². The van der Waals surface area contributed by atoms with Crippen molar-refractivity contribution in [2.24, 2.45) is 0 Å². The summed E-state index contributed by atoms with van der Waals surface area (Å²) < 4.78 is 0. The van der Waals surface area contributed by atoms with E-state index in [1.165, 1.54) is 38.2 Å². The second-order valence-electron chi connectivity index (χ2n) is 11.9. The van der Waals surface area contributed by atoms with Crippen molar-refractivity contribution in [3.05, 3.63) is 156 Å². The maximum Gasteiger partial charge on any atom is 0.224 e. The quantitative estimate of drug-likeness (QED) is 0.132. The van der Waals surface area contributed by atoms with E-state index < -0.39 is 0 Å². The molecule has 0 aromatic heterocycles. The lowest BCUT2D eigenvalue weighted by Crippen LogP contribution is -2.49. The number of hydrogen-bond donors (Lipinski definition) is 3. The van der Waals surface area contributed by atoms with E-state index in [0.717, 1.165) is 30.5 Å². The molecule has 0 aliphatic carbocycles. The molecular formula is C41H41N3O. The minimum Gasteiger partial charge on any atom is -0.351 e. The third-order valence-electron chi connectivity index (χ3n) is 8.54. The highest BCUT2D eigenvalue weighted by molar-refractivity contribution is 5.86. The van der Waals surface area contributed by atoms with E-state index in [9.17, 15) is 4.79 Å². The average Bonchev–Trinajstić information content (AvgIpc) is 3.08. The van der Waals surface area contributed by atoms with Crippen LogP contribution in [0.5, 0.6) is 0 Å². The number of amides is 1. The molecule has 0 aliphatic heterocycles. The third kappa shape index (κ3) is 8.04. The molecule has 45 heavy (non-hydrogen) atoms. The first-order valence-electron chi connectivity index (χ1n) is 15.9. The van der Waals surface area contributed by atoms with Crippen LogP contribution in [0.4, 0.5) is 0 Å². The number of benzene rings is 6. The highest BCUT2D eigenvalue weighted by Crippen LogP contribution is 2.21. The molecular weight excluding hydrogens is 550 g/mol. The van der Waals surface area contributed by atoms with Gasteiger partial charge < -0.3 is 16.0 Å². The van der Waals surface area contributed by atoms with Gasteiger partial charge >= 0.3 is 0 Å². The zero-order valence-corrected chi connectivity index (χ0v) is 25.9. The lowest BCUT2D eigenvalue weighted by molar-refractivity contribution is -0.121. The topological polar surface area (TPSA) is 53.2 Å². The van der Waals surface area contributed by atoms with Crippen LogP contribution in [0, 0.1) is 0 Å². The van der Waals surface area contributed by atoms with Crippen molar-refractivity contribution in [1.82, 2.24) is 16.0 Å². The number of carbonyl (C=O) groups is 1. The molecule has 0 saturated carbocycles. The molecule has 0 heterocycles. The Morgan fingerprint density at radius 2 is 1.24 bits per heavy atom. The van der Waals surface area contributed by atoms with Gasteiger partial charge in [-0.3, -0.25) is 4.79 Å². The van der Waals surface area contributed by atoms with Crippen molar-refractivity contribution in [2.75, 3.05) is 20.1 Å².